The SMILES string of the molecule is CC1(O[I-]CO)C[C@H]2C[C@@H](OC3CCCCO3)[C@H](CO)[C@H]2C1. The van der Waals surface area contributed by atoms with Gasteiger partial charge in [0.25, 0.3) is 0 Å². The van der Waals surface area contributed by atoms with E-state index in [2.05, 4.69) is 6.92 Å². The molecule has 0 spiro atoms. The molecule has 0 aromatic heterocycles. The van der Waals surface area contributed by atoms with Crippen LogP contribution < -0.4 is 21.6 Å². The molecule has 2 aliphatic carbocycles. The summed E-state index contributed by atoms with van der Waals surface area (Å²) in [6.45, 7) is 3.14. The number of hydrogen-bond acceptors (Lipinski definition) is 5. The van der Waals surface area contributed by atoms with E-state index in [0.29, 0.717) is 11.8 Å². The first-order valence-corrected chi connectivity index (χ1v) is 10.8. The summed E-state index contributed by atoms with van der Waals surface area (Å²) in [6.07, 6.45) is 6.34. The van der Waals surface area contributed by atoms with Gasteiger partial charge in [-0.1, -0.05) is 0 Å². The molecule has 3 rings (SSSR count). The first kappa shape index (κ1) is 17.4. The maximum absolute atomic E-state index is 9.86. The van der Waals surface area contributed by atoms with E-state index in [0.717, 1.165) is 38.7 Å². The van der Waals surface area contributed by atoms with Gasteiger partial charge in [-0.15, -0.1) is 0 Å². The maximum atomic E-state index is 9.86. The summed E-state index contributed by atoms with van der Waals surface area (Å²) < 4.78 is 18.0. The molecule has 130 valence electrons. The molecule has 2 N–H and O–H groups in total. The predicted molar refractivity (Wildman–Crippen MR) is 76.4 cm³/mol. The van der Waals surface area contributed by atoms with Crippen molar-refractivity contribution in [1.82, 2.24) is 0 Å². The number of fused-ring (bicyclic) bond motifs is 1. The van der Waals surface area contributed by atoms with Crippen LogP contribution in [0.25, 0.3) is 0 Å². The topological polar surface area (TPSA) is 68.2 Å². The van der Waals surface area contributed by atoms with E-state index in [1.54, 1.807) is 0 Å². The molecule has 0 amide bonds. The van der Waals surface area contributed by atoms with Crippen LogP contribution in [-0.2, 0) is 12.5 Å². The number of ether oxygens (including phenoxy) is 2. The zero-order valence-electron chi connectivity index (χ0n) is 13.2. The fourth-order valence-electron chi connectivity index (χ4n) is 4.60. The van der Waals surface area contributed by atoms with Gasteiger partial charge >= 0.3 is 143 Å². The second-order valence-corrected chi connectivity index (χ2v) is 8.89. The summed E-state index contributed by atoms with van der Waals surface area (Å²) in [7, 11) is 0. The van der Waals surface area contributed by atoms with E-state index < -0.39 is 21.6 Å². The summed E-state index contributed by atoms with van der Waals surface area (Å²) in [5.74, 6) is 1.25. The number of rotatable bonds is 6. The summed E-state index contributed by atoms with van der Waals surface area (Å²) in [4.78, 5) is 0. The number of halogens is 1. The van der Waals surface area contributed by atoms with E-state index in [1.807, 2.05) is 0 Å². The standard InChI is InChI=1S/C16H28IO5/c1-16(22-17-10-19)7-11-6-14(13(9-18)12(11)8-16)21-15-4-2-3-5-20-15/h11-15,18-19H,2-10H2,1H3/q-1/t11-,12+,13-,14-,15?,16?/m1/s1. The van der Waals surface area contributed by atoms with Gasteiger partial charge in [-0.25, -0.2) is 0 Å². The van der Waals surface area contributed by atoms with Crippen LogP contribution in [0.1, 0.15) is 45.4 Å². The molecule has 1 aliphatic heterocycles. The van der Waals surface area contributed by atoms with Crippen LogP contribution in [0.4, 0.5) is 0 Å². The van der Waals surface area contributed by atoms with Crippen molar-refractivity contribution in [2.75, 3.05) is 17.8 Å². The fourth-order valence-corrected chi connectivity index (χ4v) is 5.86. The number of hydrogen-bond donors (Lipinski definition) is 2. The van der Waals surface area contributed by atoms with Gasteiger partial charge in [0.2, 0.25) is 0 Å². The van der Waals surface area contributed by atoms with Crippen LogP contribution in [0.15, 0.2) is 0 Å². The van der Waals surface area contributed by atoms with Crippen LogP contribution in [-0.4, -0.2) is 46.0 Å². The second-order valence-electron chi connectivity index (χ2n) is 7.14. The Morgan fingerprint density at radius 1 is 1.27 bits per heavy atom. The molecule has 6 heteroatoms. The van der Waals surface area contributed by atoms with Crippen molar-refractivity contribution < 1.29 is 44.4 Å². The van der Waals surface area contributed by atoms with E-state index in [9.17, 15) is 5.11 Å². The minimum atomic E-state index is -0.558. The molecule has 3 fully saturated rings. The molecule has 0 aromatic rings. The molecular weight excluding hydrogens is 399 g/mol. The van der Waals surface area contributed by atoms with Crippen LogP contribution in [0, 0.1) is 17.8 Å². The molecule has 0 aromatic carbocycles. The van der Waals surface area contributed by atoms with E-state index in [1.165, 1.54) is 6.42 Å². The molecule has 5 nitrogen and oxygen atoms in total. The van der Waals surface area contributed by atoms with Gasteiger partial charge in [0.15, 0.2) is 0 Å². The zero-order valence-corrected chi connectivity index (χ0v) is 15.4. The average molecular weight is 427 g/mol. The van der Waals surface area contributed by atoms with E-state index in [-0.39, 0.29) is 35.1 Å². The summed E-state index contributed by atoms with van der Waals surface area (Å²) in [6, 6.07) is 0. The third-order valence-electron chi connectivity index (χ3n) is 5.49. The Labute approximate surface area is 143 Å². The number of aliphatic hydroxyl groups excluding tert-OH is 2. The number of aliphatic hydroxyl groups is 2. The van der Waals surface area contributed by atoms with Gasteiger partial charge in [0.1, 0.15) is 0 Å². The van der Waals surface area contributed by atoms with E-state index >= 15 is 0 Å². The van der Waals surface area contributed by atoms with E-state index in [4.69, 9.17) is 17.6 Å². The monoisotopic (exact) mass is 427 g/mol. The number of alkyl halides is 1. The molecular formula is C16H28IO5-. The molecule has 2 saturated carbocycles. The van der Waals surface area contributed by atoms with Crippen molar-refractivity contribution in [1.29, 1.82) is 0 Å². The van der Waals surface area contributed by atoms with Crippen LogP contribution in [0.5, 0.6) is 0 Å². The molecule has 0 bridgehead atoms. The fraction of sp³-hybridized carbons (Fsp3) is 1.00. The Morgan fingerprint density at radius 3 is 2.82 bits per heavy atom. The van der Waals surface area contributed by atoms with Crippen molar-refractivity contribution in [3.05, 3.63) is 0 Å². The van der Waals surface area contributed by atoms with Crippen LogP contribution in [0.3, 0.4) is 0 Å². The quantitative estimate of drug-likeness (QED) is 0.406. The molecule has 0 radical (unpaired) electrons. The Balaban J connectivity index is 1.57. The molecule has 1 heterocycles. The predicted octanol–water partition coefficient (Wildman–Crippen LogP) is -1.33. The van der Waals surface area contributed by atoms with Gasteiger partial charge in [0.05, 0.1) is 0 Å². The molecule has 2 unspecified atom stereocenters. The molecule has 1 saturated heterocycles. The van der Waals surface area contributed by atoms with Crippen molar-refractivity contribution in [3.8, 4) is 0 Å². The van der Waals surface area contributed by atoms with Gasteiger partial charge < -0.3 is 0 Å². The van der Waals surface area contributed by atoms with Crippen molar-refractivity contribution in [2.45, 2.75) is 63.4 Å². The Morgan fingerprint density at radius 2 is 2.14 bits per heavy atom. The van der Waals surface area contributed by atoms with Crippen LogP contribution >= 0.6 is 0 Å². The third kappa shape index (κ3) is 3.78. The van der Waals surface area contributed by atoms with Gasteiger partial charge in [-0.05, 0) is 0 Å². The first-order chi connectivity index (χ1) is 10.6. The third-order valence-corrected chi connectivity index (χ3v) is 7.15. The van der Waals surface area contributed by atoms with Crippen molar-refractivity contribution in [2.24, 2.45) is 17.8 Å². The zero-order chi connectivity index (χ0) is 15.6. The second kappa shape index (κ2) is 7.61. The Bertz CT molecular complexity index is 362. The Kier molecular flexibility index (Phi) is 6.00. The molecule has 6 atom stereocenters. The average Bonchev–Trinajstić information content (AvgIpc) is 2.99. The van der Waals surface area contributed by atoms with Crippen LogP contribution in [0.2, 0.25) is 0 Å². The van der Waals surface area contributed by atoms with Crippen molar-refractivity contribution in [3.63, 3.8) is 0 Å². The summed E-state index contributed by atoms with van der Waals surface area (Å²) in [5.41, 5.74) is -0.106. The van der Waals surface area contributed by atoms with Gasteiger partial charge in [0, 0.05) is 0 Å². The van der Waals surface area contributed by atoms with Crippen molar-refractivity contribution >= 4 is 0 Å². The molecule has 3 aliphatic rings. The Hall–Kier alpha value is 0.530. The first-order valence-electron chi connectivity index (χ1n) is 8.41. The minimum absolute atomic E-state index is 0.0745. The molecule has 22 heavy (non-hydrogen) atoms. The summed E-state index contributed by atoms with van der Waals surface area (Å²) >= 11 is -0.558. The van der Waals surface area contributed by atoms with Gasteiger partial charge in [-0.2, -0.15) is 0 Å². The van der Waals surface area contributed by atoms with Gasteiger partial charge in [-0.3, -0.25) is 0 Å². The normalized spacial score (nSPS) is 45.3. The summed E-state index contributed by atoms with van der Waals surface area (Å²) in [5, 5.41) is 18.9.